The van der Waals surface area contributed by atoms with Gasteiger partial charge in [0.2, 0.25) is 17.8 Å². The Labute approximate surface area is 479 Å². The highest BCUT2D eigenvalue weighted by atomic mass is 19.4. The van der Waals surface area contributed by atoms with Crippen molar-refractivity contribution in [3.05, 3.63) is 143 Å². The molecule has 432 valence electrons. The highest BCUT2D eigenvalue weighted by Gasteiger charge is 2.45. The number of nitriles is 1. The third-order valence-electron chi connectivity index (χ3n) is 14.7. The Hall–Kier alpha value is -9.13. The van der Waals surface area contributed by atoms with E-state index in [1.165, 1.54) is 6.07 Å². The number of Topliss-reactive ketones (excluding diaryl/α,β-unsaturated/α-hetero) is 1. The normalized spacial score (nSPS) is 14.6. The summed E-state index contributed by atoms with van der Waals surface area (Å²) in [6.45, 7) is 9.58. The van der Waals surface area contributed by atoms with Crippen molar-refractivity contribution in [2.75, 3.05) is 47.8 Å². The number of hydrogen-bond donors (Lipinski definition) is 3. The Kier molecular flexibility index (Phi) is 19.6. The summed E-state index contributed by atoms with van der Waals surface area (Å²) < 4.78 is 43.9. The molecular weight excluding hydrogens is 1070 g/mol. The standard InChI is InChI=1S/C61H65F3N12O7/c1-39-30-45(32-51(71-39)73-59(82)83-57(81)43-16-14-18-47(31-43)61(62,63)64)41-20-22-42(23-21-41)56(80)67-26-13-11-9-7-5-6-8-10-12-19-52(77)68-36-53(78)75-29-28-74(37-40(75)2)58-69-34-46(35-70-58)49-25-24-48-54(79)60(3,4)76(55(48)72-49)38-44-17-15-27-66-50(44)33-65/h14-18,20-25,27,30-32,34-35,40H,5-13,19,26,28-29,36-38H2,1-4H3,(H,67,80)(H,68,77)(H,71,73,82)/t40-/m1/s1. The van der Waals surface area contributed by atoms with Crippen LogP contribution in [0.2, 0.25) is 0 Å². The Morgan fingerprint density at radius 3 is 2.19 bits per heavy atom. The van der Waals surface area contributed by atoms with Gasteiger partial charge in [-0.25, -0.2) is 34.5 Å². The molecule has 83 heavy (non-hydrogen) atoms. The molecule has 6 heterocycles. The number of unbranched alkanes of at least 4 members (excludes halogenated alkanes) is 8. The molecule has 0 spiro atoms. The molecule has 8 rings (SSSR count). The monoisotopic (exact) mass is 1130 g/mol. The lowest BCUT2D eigenvalue weighted by molar-refractivity contribution is -0.137. The van der Waals surface area contributed by atoms with Crippen molar-refractivity contribution in [2.45, 2.75) is 116 Å². The second kappa shape index (κ2) is 27.1. The average Bonchev–Trinajstić information content (AvgIpc) is 3.18. The van der Waals surface area contributed by atoms with E-state index in [1.807, 2.05) is 36.6 Å². The minimum absolute atomic E-state index is 0.0491. The number of ketones is 1. The highest BCUT2D eigenvalue weighted by molar-refractivity contribution is 6.13. The Morgan fingerprint density at radius 1 is 0.783 bits per heavy atom. The van der Waals surface area contributed by atoms with E-state index in [0.717, 1.165) is 81.5 Å². The highest BCUT2D eigenvalue weighted by Crippen LogP contribution is 2.40. The van der Waals surface area contributed by atoms with Crippen LogP contribution in [0.15, 0.2) is 104 Å². The molecule has 3 N–H and O–H groups in total. The van der Waals surface area contributed by atoms with Crippen molar-refractivity contribution in [2.24, 2.45) is 0 Å². The number of pyridine rings is 3. The topological polar surface area (TPSA) is 246 Å². The van der Waals surface area contributed by atoms with Crippen LogP contribution < -0.4 is 25.8 Å². The molecule has 6 aromatic rings. The molecule has 4 aromatic heterocycles. The number of halogens is 3. The summed E-state index contributed by atoms with van der Waals surface area (Å²) in [5, 5.41) is 17.7. The zero-order chi connectivity index (χ0) is 59.3. The number of nitrogens with zero attached hydrogens (tertiary/aromatic N) is 9. The molecule has 0 unspecified atom stereocenters. The van der Waals surface area contributed by atoms with Crippen LogP contribution in [0.3, 0.4) is 0 Å². The molecule has 19 nitrogen and oxygen atoms in total. The fraction of sp³-hybridized carbons (Fsp3) is 0.377. The zero-order valence-corrected chi connectivity index (χ0v) is 46.7. The summed E-state index contributed by atoms with van der Waals surface area (Å²) in [4.78, 5) is 105. The third-order valence-corrected chi connectivity index (χ3v) is 14.7. The van der Waals surface area contributed by atoms with Crippen molar-refractivity contribution in [1.29, 1.82) is 5.26 Å². The molecule has 1 atom stereocenters. The summed E-state index contributed by atoms with van der Waals surface area (Å²) >= 11 is 0. The fourth-order valence-corrected chi connectivity index (χ4v) is 10.1. The number of benzene rings is 2. The van der Waals surface area contributed by atoms with E-state index < -0.39 is 34.9 Å². The van der Waals surface area contributed by atoms with Gasteiger partial charge in [0.15, 0.2) is 5.78 Å². The Morgan fingerprint density at radius 2 is 1.49 bits per heavy atom. The first kappa shape index (κ1) is 60.0. The van der Waals surface area contributed by atoms with Crippen molar-refractivity contribution in [3.8, 4) is 28.5 Å². The van der Waals surface area contributed by atoms with Crippen molar-refractivity contribution < 1.29 is 46.7 Å². The molecule has 2 aliphatic rings. The number of alkyl halides is 3. The molecule has 2 aliphatic heterocycles. The van der Waals surface area contributed by atoms with Gasteiger partial charge in [-0.05, 0) is 112 Å². The first-order valence-corrected chi connectivity index (χ1v) is 27.7. The molecule has 1 saturated heterocycles. The predicted molar refractivity (Wildman–Crippen MR) is 304 cm³/mol. The van der Waals surface area contributed by atoms with Gasteiger partial charge in [-0.15, -0.1) is 0 Å². The summed E-state index contributed by atoms with van der Waals surface area (Å²) in [6.07, 6.45) is 8.20. The Balaban J connectivity index is 0.657. The number of carbonyl (C=O) groups excluding carboxylic acids is 6. The van der Waals surface area contributed by atoms with Crippen LogP contribution in [0.5, 0.6) is 0 Å². The van der Waals surface area contributed by atoms with Gasteiger partial charge in [0.1, 0.15) is 23.4 Å². The first-order valence-electron chi connectivity index (χ1n) is 27.7. The summed E-state index contributed by atoms with van der Waals surface area (Å²) in [6, 6.07) is 22.9. The van der Waals surface area contributed by atoms with Gasteiger partial charge in [0.25, 0.3) is 5.91 Å². The lowest BCUT2D eigenvalue weighted by Gasteiger charge is -2.39. The van der Waals surface area contributed by atoms with E-state index in [0.29, 0.717) is 95.3 Å². The number of aromatic nitrogens is 5. The molecule has 0 radical (unpaired) electrons. The maximum absolute atomic E-state index is 13.5. The van der Waals surface area contributed by atoms with Gasteiger partial charge in [0, 0.05) is 86.2 Å². The van der Waals surface area contributed by atoms with Crippen molar-refractivity contribution in [1.82, 2.24) is 40.5 Å². The van der Waals surface area contributed by atoms with Crippen LogP contribution in [0.4, 0.5) is 35.5 Å². The van der Waals surface area contributed by atoms with Gasteiger partial charge in [0.05, 0.1) is 34.5 Å². The number of aryl methyl sites for hydroxylation is 1. The average molecular weight is 1140 g/mol. The van der Waals surface area contributed by atoms with Crippen molar-refractivity contribution in [3.63, 3.8) is 0 Å². The number of fused-ring (bicyclic) bond motifs is 1. The molecular formula is C61H65F3N12O7. The molecule has 1 fully saturated rings. The van der Waals surface area contributed by atoms with Gasteiger partial charge in [-0.3, -0.25) is 24.5 Å². The number of carbonyl (C=O) groups is 6. The smallest absolute Gasteiger partial charge is 0.372 e. The maximum atomic E-state index is 13.5. The number of anilines is 3. The van der Waals surface area contributed by atoms with Gasteiger partial charge in [-0.2, -0.15) is 18.4 Å². The maximum Gasteiger partial charge on any atom is 0.420 e. The molecule has 4 amide bonds. The molecule has 0 saturated carbocycles. The molecule has 0 bridgehead atoms. The van der Waals surface area contributed by atoms with Gasteiger partial charge >= 0.3 is 18.2 Å². The van der Waals surface area contributed by atoms with E-state index in [1.54, 1.807) is 78.9 Å². The largest absolute Gasteiger partial charge is 0.420 e. The van der Waals surface area contributed by atoms with Crippen LogP contribution >= 0.6 is 0 Å². The van der Waals surface area contributed by atoms with Crippen LogP contribution in [-0.4, -0.2) is 110 Å². The fourth-order valence-electron chi connectivity index (χ4n) is 10.1. The summed E-state index contributed by atoms with van der Waals surface area (Å²) in [5.74, 6) is -0.719. The number of hydrogen-bond acceptors (Lipinski definition) is 15. The lowest BCUT2D eigenvalue weighted by atomic mass is 9.97. The minimum atomic E-state index is -4.68. The number of rotatable bonds is 22. The summed E-state index contributed by atoms with van der Waals surface area (Å²) in [5.41, 5.74) is 2.74. The number of nitrogens with one attached hydrogen (secondary N) is 3. The second-order valence-corrected chi connectivity index (χ2v) is 21.1. The molecule has 2 aromatic carbocycles. The van der Waals surface area contributed by atoms with E-state index in [4.69, 9.17) is 9.72 Å². The number of esters is 1. The van der Waals surface area contributed by atoms with Crippen LogP contribution in [0.1, 0.15) is 139 Å². The zero-order valence-electron chi connectivity index (χ0n) is 46.7. The van der Waals surface area contributed by atoms with Crippen LogP contribution in [0.25, 0.3) is 22.4 Å². The van der Waals surface area contributed by atoms with Crippen molar-refractivity contribution >= 4 is 53.2 Å². The number of piperazine rings is 1. The van der Waals surface area contributed by atoms with E-state index in [9.17, 15) is 47.2 Å². The lowest BCUT2D eigenvalue weighted by Crippen LogP contribution is -2.56. The predicted octanol–water partition coefficient (Wildman–Crippen LogP) is 10.0. The van der Waals surface area contributed by atoms with Gasteiger partial charge in [-0.1, -0.05) is 69.2 Å². The SMILES string of the molecule is Cc1cc(-c2ccc(C(=O)NCCCCCCCCCCCC(=O)NCC(=O)N3CCN(c4ncc(-c5ccc6c(n5)N(Cc5cccnc5C#N)C(C)(C)C6=O)cn4)C[C@H]3C)cc2)cc(NC(=O)OC(=O)c2cccc(C(F)(F)F)c2)n1. The second-order valence-electron chi connectivity index (χ2n) is 21.1. The first-order chi connectivity index (χ1) is 39.8. The molecule has 0 aliphatic carbocycles. The van der Waals surface area contributed by atoms with Gasteiger partial charge < -0.3 is 30.1 Å². The van der Waals surface area contributed by atoms with E-state index in [-0.39, 0.29) is 48.5 Å². The third kappa shape index (κ3) is 15.5. The number of ether oxygens (including phenoxy) is 1. The molecule has 22 heteroatoms. The quantitative estimate of drug-likeness (QED) is 0.0325. The number of amides is 4. The Bertz CT molecular complexity index is 3390. The van der Waals surface area contributed by atoms with E-state index in [2.05, 4.69) is 42.0 Å². The van der Waals surface area contributed by atoms with E-state index >= 15 is 0 Å². The van der Waals surface area contributed by atoms with Crippen LogP contribution in [0, 0.1) is 18.3 Å². The minimum Gasteiger partial charge on any atom is -0.372 e. The van der Waals surface area contributed by atoms with Crippen LogP contribution in [-0.2, 0) is 27.0 Å². The summed E-state index contributed by atoms with van der Waals surface area (Å²) in [7, 11) is 0.